The largest absolute Gasteiger partial charge is 0.366 e. The predicted octanol–water partition coefficient (Wildman–Crippen LogP) is 4.05. The molecule has 1 aliphatic rings. The summed E-state index contributed by atoms with van der Waals surface area (Å²) in [7, 11) is 0. The van der Waals surface area contributed by atoms with Crippen LogP contribution in [0.3, 0.4) is 0 Å². The van der Waals surface area contributed by atoms with Gasteiger partial charge < -0.3 is 10.2 Å². The van der Waals surface area contributed by atoms with E-state index in [0.29, 0.717) is 49.0 Å². The number of aromatic nitrogens is 4. The Bertz CT molecular complexity index is 1780. The third kappa shape index (κ3) is 6.32. The number of nitrogens with one attached hydrogen (secondary N) is 1. The Morgan fingerprint density at radius 1 is 0.977 bits per heavy atom. The van der Waals surface area contributed by atoms with Crippen molar-refractivity contribution in [2.75, 3.05) is 37.6 Å². The van der Waals surface area contributed by atoms with Gasteiger partial charge in [-0.2, -0.15) is 0 Å². The van der Waals surface area contributed by atoms with Gasteiger partial charge in [-0.05, 0) is 62.2 Å². The minimum absolute atomic E-state index is 0.00343. The van der Waals surface area contributed by atoms with Crippen molar-refractivity contribution >= 4 is 28.3 Å². The number of piperazine rings is 1. The summed E-state index contributed by atoms with van der Waals surface area (Å²) in [5.41, 5.74) is 4.25. The summed E-state index contributed by atoms with van der Waals surface area (Å²) in [5.74, 6) is 1.15. The molecule has 0 spiro atoms. The van der Waals surface area contributed by atoms with Crippen LogP contribution in [0, 0.1) is 6.92 Å². The van der Waals surface area contributed by atoms with Crippen LogP contribution < -0.4 is 15.8 Å². The Hall–Kier alpha value is -4.50. The van der Waals surface area contributed by atoms with E-state index in [1.807, 2.05) is 59.0 Å². The lowest BCUT2D eigenvalue weighted by Gasteiger charge is -2.41. The number of anilines is 1. The van der Waals surface area contributed by atoms with Crippen LogP contribution in [0.1, 0.15) is 36.7 Å². The SMILES string of the molecule is Cc1cccc(N2CCN(CCCNC(=O)CCc3nnc4n(Cc5ccccc5)c(=O)c5ccccc5n34)C[C@H]2C)c1. The Kier molecular flexibility index (Phi) is 8.51. The first-order chi connectivity index (χ1) is 21.0. The van der Waals surface area contributed by atoms with Gasteiger partial charge >= 0.3 is 0 Å². The van der Waals surface area contributed by atoms with Gasteiger partial charge in [0.15, 0.2) is 0 Å². The number of carbonyl (C=O) groups is 1. The summed E-state index contributed by atoms with van der Waals surface area (Å²) in [6, 6.07) is 26.5. The minimum atomic E-state index is -0.102. The number of fused-ring (bicyclic) bond motifs is 3. The third-order valence-corrected chi connectivity index (χ3v) is 8.35. The molecule has 1 N–H and O–H groups in total. The summed E-state index contributed by atoms with van der Waals surface area (Å²) in [4.78, 5) is 31.2. The average molecular weight is 578 g/mol. The van der Waals surface area contributed by atoms with E-state index in [4.69, 9.17) is 0 Å². The summed E-state index contributed by atoms with van der Waals surface area (Å²) >= 11 is 0. The molecule has 222 valence electrons. The van der Waals surface area contributed by atoms with Crippen LogP contribution in [-0.4, -0.2) is 68.7 Å². The van der Waals surface area contributed by atoms with Crippen LogP contribution >= 0.6 is 0 Å². The summed E-state index contributed by atoms with van der Waals surface area (Å²) in [6.07, 6.45) is 1.64. The molecule has 6 rings (SSSR count). The van der Waals surface area contributed by atoms with Crippen LogP contribution in [0.4, 0.5) is 5.69 Å². The summed E-state index contributed by atoms with van der Waals surface area (Å²) < 4.78 is 3.58. The van der Waals surface area contributed by atoms with Gasteiger partial charge in [0, 0.05) is 50.7 Å². The van der Waals surface area contributed by atoms with Crippen LogP contribution in [0.2, 0.25) is 0 Å². The zero-order valence-corrected chi connectivity index (χ0v) is 24.9. The maximum Gasteiger partial charge on any atom is 0.263 e. The first-order valence-corrected chi connectivity index (χ1v) is 15.2. The van der Waals surface area contributed by atoms with Crippen molar-refractivity contribution in [2.24, 2.45) is 0 Å². The van der Waals surface area contributed by atoms with Crippen molar-refractivity contribution in [3.05, 3.63) is 106 Å². The van der Waals surface area contributed by atoms with E-state index in [-0.39, 0.29) is 11.5 Å². The molecule has 3 heterocycles. The summed E-state index contributed by atoms with van der Waals surface area (Å²) in [6.45, 7) is 9.48. The van der Waals surface area contributed by atoms with Gasteiger partial charge in [0.05, 0.1) is 17.4 Å². The molecule has 2 aromatic heterocycles. The zero-order chi connectivity index (χ0) is 29.8. The van der Waals surface area contributed by atoms with Gasteiger partial charge in [0.1, 0.15) is 5.82 Å². The minimum Gasteiger partial charge on any atom is -0.366 e. The molecule has 3 aromatic carbocycles. The number of amides is 1. The highest BCUT2D eigenvalue weighted by Crippen LogP contribution is 2.22. The molecule has 0 saturated carbocycles. The number of rotatable bonds is 10. The smallest absolute Gasteiger partial charge is 0.263 e. The highest BCUT2D eigenvalue weighted by atomic mass is 16.1. The number of nitrogens with zero attached hydrogens (tertiary/aromatic N) is 6. The predicted molar refractivity (Wildman–Crippen MR) is 171 cm³/mol. The van der Waals surface area contributed by atoms with Crippen molar-refractivity contribution in [2.45, 2.75) is 45.7 Å². The Labute approximate surface area is 251 Å². The first-order valence-electron chi connectivity index (χ1n) is 15.2. The molecule has 0 unspecified atom stereocenters. The number of hydrogen-bond donors (Lipinski definition) is 1. The second-order valence-electron chi connectivity index (χ2n) is 11.5. The molecule has 5 aromatic rings. The normalized spacial score (nSPS) is 15.8. The molecule has 1 atom stereocenters. The fraction of sp³-hybridized carbons (Fsp3) is 0.353. The zero-order valence-electron chi connectivity index (χ0n) is 24.9. The number of aryl methyl sites for hydroxylation is 2. The van der Waals surface area contributed by atoms with Crippen molar-refractivity contribution in [1.82, 2.24) is 29.4 Å². The van der Waals surface area contributed by atoms with Gasteiger partial charge in [-0.15, -0.1) is 10.2 Å². The third-order valence-electron chi connectivity index (χ3n) is 8.35. The molecule has 9 nitrogen and oxygen atoms in total. The van der Waals surface area contributed by atoms with Crippen molar-refractivity contribution < 1.29 is 4.79 Å². The van der Waals surface area contributed by atoms with Gasteiger partial charge in [-0.3, -0.25) is 23.5 Å². The second kappa shape index (κ2) is 12.8. The first kappa shape index (κ1) is 28.6. The number of para-hydroxylation sites is 1. The standard InChI is InChI=1S/C34H39N7O2/c1-25-10-8-13-28(22-25)39-21-20-38(23-26(39)2)19-9-18-35-32(42)17-16-31-36-37-34-40(24-27-11-4-3-5-12-27)33(43)29-14-6-7-15-30(29)41(31)34/h3-8,10-15,22,26H,9,16-21,23-24H2,1-2H3,(H,35,42)/t26-/m1/s1. The molecule has 0 bridgehead atoms. The van der Waals surface area contributed by atoms with E-state index in [2.05, 4.69) is 63.4 Å². The number of carbonyl (C=O) groups excluding carboxylic acids is 1. The summed E-state index contributed by atoms with van der Waals surface area (Å²) in [5, 5.41) is 12.5. The maximum atomic E-state index is 13.4. The fourth-order valence-corrected chi connectivity index (χ4v) is 6.16. The number of hydrogen-bond acceptors (Lipinski definition) is 6. The van der Waals surface area contributed by atoms with E-state index in [1.54, 1.807) is 4.57 Å². The van der Waals surface area contributed by atoms with Crippen molar-refractivity contribution in [1.29, 1.82) is 0 Å². The molecular formula is C34H39N7O2. The lowest BCUT2D eigenvalue weighted by Crippen LogP contribution is -2.52. The number of benzene rings is 3. The Balaban J connectivity index is 1.04. The molecule has 0 aliphatic carbocycles. The lowest BCUT2D eigenvalue weighted by atomic mass is 10.1. The highest BCUT2D eigenvalue weighted by molar-refractivity contribution is 5.80. The molecule has 43 heavy (non-hydrogen) atoms. The van der Waals surface area contributed by atoms with Gasteiger partial charge in [0.25, 0.3) is 5.56 Å². The van der Waals surface area contributed by atoms with Gasteiger partial charge in [-0.1, -0.05) is 54.6 Å². The molecular weight excluding hydrogens is 538 g/mol. The molecule has 1 fully saturated rings. The van der Waals surface area contributed by atoms with E-state index in [9.17, 15) is 9.59 Å². The molecule has 1 saturated heterocycles. The van der Waals surface area contributed by atoms with E-state index >= 15 is 0 Å². The average Bonchev–Trinajstić information content (AvgIpc) is 3.45. The van der Waals surface area contributed by atoms with Crippen molar-refractivity contribution in [3.8, 4) is 0 Å². The molecule has 1 amide bonds. The quantitative estimate of drug-likeness (QED) is 0.252. The van der Waals surface area contributed by atoms with Crippen LogP contribution in [0.15, 0.2) is 83.7 Å². The Morgan fingerprint density at radius 2 is 1.79 bits per heavy atom. The van der Waals surface area contributed by atoms with Crippen molar-refractivity contribution in [3.63, 3.8) is 0 Å². The molecule has 0 radical (unpaired) electrons. The van der Waals surface area contributed by atoms with E-state index < -0.39 is 0 Å². The maximum absolute atomic E-state index is 13.4. The lowest BCUT2D eigenvalue weighted by molar-refractivity contribution is -0.121. The second-order valence-corrected chi connectivity index (χ2v) is 11.5. The topological polar surface area (TPSA) is 87.8 Å². The van der Waals surface area contributed by atoms with Gasteiger partial charge in [0.2, 0.25) is 11.7 Å². The van der Waals surface area contributed by atoms with Crippen LogP contribution in [0.5, 0.6) is 0 Å². The fourth-order valence-electron chi connectivity index (χ4n) is 6.16. The highest BCUT2D eigenvalue weighted by Gasteiger charge is 2.23. The van der Waals surface area contributed by atoms with Crippen LogP contribution in [-0.2, 0) is 17.8 Å². The monoisotopic (exact) mass is 577 g/mol. The van der Waals surface area contributed by atoms with Crippen LogP contribution in [0.25, 0.3) is 16.7 Å². The van der Waals surface area contributed by atoms with E-state index in [1.165, 1.54) is 11.3 Å². The molecule has 9 heteroatoms. The molecule has 1 aliphatic heterocycles. The van der Waals surface area contributed by atoms with Gasteiger partial charge in [-0.25, -0.2) is 0 Å². The van der Waals surface area contributed by atoms with E-state index in [0.717, 1.165) is 43.7 Å². The Morgan fingerprint density at radius 3 is 2.60 bits per heavy atom.